The Bertz CT molecular complexity index is 1790. The molecule has 1 unspecified atom stereocenters. The highest BCUT2D eigenvalue weighted by molar-refractivity contribution is 7.92. The summed E-state index contributed by atoms with van der Waals surface area (Å²) in [4.78, 5) is 29.8. The van der Waals surface area contributed by atoms with Crippen molar-refractivity contribution >= 4 is 73.9 Å². The second-order valence-electron chi connectivity index (χ2n) is 11.1. The summed E-state index contributed by atoms with van der Waals surface area (Å²) in [5.74, 6) is -0.996. The van der Waals surface area contributed by atoms with Crippen LogP contribution in [0.4, 0.5) is 5.69 Å². The van der Waals surface area contributed by atoms with Gasteiger partial charge in [-0.2, -0.15) is 0 Å². The normalized spacial score (nSPS) is 12.0. The maximum atomic E-state index is 14.6. The van der Waals surface area contributed by atoms with Gasteiger partial charge in [0.05, 0.1) is 20.6 Å². The van der Waals surface area contributed by atoms with E-state index in [0.717, 1.165) is 28.3 Å². The topological polar surface area (TPSA) is 86.8 Å². The number of hydrogen-bond acceptors (Lipinski definition) is 4. The van der Waals surface area contributed by atoms with E-state index >= 15 is 0 Å². The van der Waals surface area contributed by atoms with Crippen molar-refractivity contribution < 1.29 is 18.0 Å². The molecule has 0 saturated heterocycles. The predicted octanol–water partition coefficient (Wildman–Crippen LogP) is 8.36. The van der Waals surface area contributed by atoms with Crippen LogP contribution in [-0.4, -0.2) is 44.3 Å². The highest BCUT2D eigenvalue weighted by Crippen LogP contribution is 2.31. The van der Waals surface area contributed by atoms with Gasteiger partial charge in [-0.3, -0.25) is 13.9 Å². The third-order valence-electron chi connectivity index (χ3n) is 7.46. The molecular formula is C35H35Cl4N3O4S. The Hall–Kier alpha value is -3.27. The zero-order valence-corrected chi connectivity index (χ0v) is 29.8. The van der Waals surface area contributed by atoms with Crippen molar-refractivity contribution in [2.45, 2.75) is 50.6 Å². The number of unbranched alkanes of at least 4 members (excludes halogenated alkanes) is 1. The van der Waals surface area contributed by atoms with Crippen LogP contribution in [0.3, 0.4) is 0 Å². The Labute approximate surface area is 296 Å². The number of sulfonamides is 1. The van der Waals surface area contributed by atoms with E-state index in [9.17, 15) is 18.0 Å². The highest BCUT2D eigenvalue weighted by atomic mass is 35.5. The van der Waals surface area contributed by atoms with Crippen LogP contribution in [0.1, 0.15) is 36.5 Å². The quantitative estimate of drug-likeness (QED) is 0.132. The zero-order chi connectivity index (χ0) is 34.1. The molecule has 0 saturated carbocycles. The summed E-state index contributed by atoms with van der Waals surface area (Å²) in [6.45, 7) is 3.57. The fourth-order valence-electron chi connectivity index (χ4n) is 4.94. The van der Waals surface area contributed by atoms with Crippen molar-refractivity contribution in [3.05, 3.63) is 128 Å². The van der Waals surface area contributed by atoms with Gasteiger partial charge in [-0.15, -0.1) is 0 Å². The third-order valence-corrected chi connectivity index (χ3v) is 10.4. The van der Waals surface area contributed by atoms with Gasteiger partial charge >= 0.3 is 0 Å². The number of anilines is 1. The SMILES string of the molecule is CCCCNC(=O)C(Cc1ccccc1)N(Cc1ccc(Cl)c(Cl)c1)C(=O)CN(c1cc(Cl)cc(Cl)c1)S(=O)(=O)c1ccc(C)cc1. The van der Waals surface area contributed by atoms with Gasteiger partial charge in [-0.25, -0.2) is 8.42 Å². The molecule has 0 radical (unpaired) electrons. The van der Waals surface area contributed by atoms with E-state index in [2.05, 4.69) is 5.32 Å². The van der Waals surface area contributed by atoms with Gasteiger partial charge in [0.1, 0.15) is 12.6 Å². The van der Waals surface area contributed by atoms with Gasteiger partial charge in [-0.1, -0.05) is 114 Å². The molecule has 1 N–H and O–H groups in total. The van der Waals surface area contributed by atoms with Crippen LogP contribution in [0, 0.1) is 6.92 Å². The number of aryl methyl sites for hydroxylation is 1. The van der Waals surface area contributed by atoms with E-state index in [1.54, 1.807) is 30.3 Å². The first kappa shape index (κ1) is 36.6. The Kier molecular flexibility index (Phi) is 13.0. The number of carbonyl (C=O) groups excluding carboxylic acids is 2. The Balaban J connectivity index is 1.83. The lowest BCUT2D eigenvalue weighted by Crippen LogP contribution is -2.53. The lowest BCUT2D eigenvalue weighted by Gasteiger charge is -2.34. The molecule has 47 heavy (non-hydrogen) atoms. The molecule has 0 aliphatic carbocycles. The fraction of sp³-hybridized carbons (Fsp3) is 0.257. The minimum Gasteiger partial charge on any atom is -0.354 e. The van der Waals surface area contributed by atoms with Crippen molar-refractivity contribution in [3.63, 3.8) is 0 Å². The molecule has 0 fully saturated rings. The van der Waals surface area contributed by atoms with Crippen molar-refractivity contribution in [1.82, 2.24) is 10.2 Å². The number of benzene rings is 4. The Morgan fingerprint density at radius 1 is 0.809 bits per heavy atom. The molecule has 0 aliphatic rings. The molecule has 4 aromatic carbocycles. The largest absolute Gasteiger partial charge is 0.354 e. The second-order valence-corrected chi connectivity index (χ2v) is 14.6. The van der Waals surface area contributed by atoms with Crippen LogP contribution >= 0.6 is 46.4 Å². The summed E-state index contributed by atoms with van der Waals surface area (Å²) >= 11 is 25.1. The summed E-state index contributed by atoms with van der Waals surface area (Å²) in [7, 11) is -4.31. The second kappa shape index (κ2) is 16.7. The molecule has 248 valence electrons. The number of halogens is 4. The average molecular weight is 736 g/mol. The number of rotatable bonds is 14. The number of nitrogens with one attached hydrogen (secondary N) is 1. The van der Waals surface area contributed by atoms with Crippen LogP contribution in [-0.2, 0) is 32.6 Å². The van der Waals surface area contributed by atoms with Crippen molar-refractivity contribution in [2.75, 3.05) is 17.4 Å². The van der Waals surface area contributed by atoms with Gasteiger partial charge in [0.2, 0.25) is 11.8 Å². The van der Waals surface area contributed by atoms with Gasteiger partial charge in [0.25, 0.3) is 10.0 Å². The van der Waals surface area contributed by atoms with E-state index in [1.165, 1.54) is 35.2 Å². The molecular weight excluding hydrogens is 700 g/mol. The third kappa shape index (κ3) is 9.87. The van der Waals surface area contributed by atoms with Gasteiger partial charge in [0, 0.05) is 29.6 Å². The van der Waals surface area contributed by atoms with Crippen molar-refractivity contribution in [3.8, 4) is 0 Å². The van der Waals surface area contributed by atoms with E-state index in [-0.39, 0.29) is 44.5 Å². The van der Waals surface area contributed by atoms with Crippen molar-refractivity contribution in [2.24, 2.45) is 0 Å². The summed E-state index contributed by atoms with van der Waals surface area (Å²) in [6.07, 6.45) is 1.80. The molecule has 4 rings (SSSR count). The first-order chi connectivity index (χ1) is 22.4. The zero-order valence-electron chi connectivity index (χ0n) is 25.9. The fourth-order valence-corrected chi connectivity index (χ4v) is 7.18. The van der Waals surface area contributed by atoms with Crippen LogP contribution in [0.5, 0.6) is 0 Å². The summed E-state index contributed by atoms with van der Waals surface area (Å²) < 4.78 is 29.4. The van der Waals surface area contributed by atoms with Gasteiger partial charge in [0.15, 0.2) is 0 Å². The number of carbonyl (C=O) groups is 2. The van der Waals surface area contributed by atoms with E-state index in [1.807, 2.05) is 44.2 Å². The first-order valence-corrected chi connectivity index (χ1v) is 17.9. The molecule has 0 bridgehead atoms. The van der Waals surface area contributed by atoms with Crippen molar-refractivity contribution in [1.29, 1.82) is 0 Å². The molecule has 4 aromatic rings. The molecule has 0 spiro atoms. The first-order valence-electron chi connectivity index (χ1n) is 15.0. The lowest BCUT2D eigenvalue weighted by atomic mass is 10.0. The number of nitrogens with zero attached hydrogens (tertiary/aromatic N) is 2. The predicted molar refractivity (Wildman–Crippen MR) is 191 cm³/mol. The lowest BCUT2D eigenvalue weighted by molar-refractivity contribution is -0.140. The number of amides is 2. The molecule has 0 aliphatic heterocycles. The van der Waals surface area contributed by atoms with Crippen LogP contribution in [0.25, 0.3) is 0 Å². The van der Waals surface area contributed by atoms with E-state index in [4.69, 9.17) is 46.4 Å². The van der Waals surface area contributed by atoms with Crippen LogP contribution in [0.2, 0.25) is 20.1 Å². The monoisotopic (exact) mass is 733 g/mol. The summed E-state index contributed by atoms with van der Waals surface area (Å²) in [5, 5.41) is 3.95. The molecule has 0 aromatic heterocycles. The Morgan fingerprint density at radius 2 is 1.47 bits per heavy atom. The maximum absolute atomic E-state index is 14.6. The molecule has 12 heteroatoms. The minimum absolute atomic E-state index is 0.0267. The molecule has 2 amide bonds. The number of hydrogen-bond donors (Lipinski definition) is 1. The maximum Gasteiger partial charge on any atom is 0.264 e. The van der Waals surface area contributed by atoms with Crippen LogP contribution in [0.15, 0.2) is 95.9 Å². The standard InChI is InChI=1S/C35H35Cl4N3O4S/c1-3-4-16-40-35(44)33(18-25-8-6-5-7-9-25)41(22-26-12-15-31(38)32(39)17-26)34(43)23-42(29-20-27(36)19-28(37)21-29)47(45,46)30-13-10-24(2)11-14-30/h5-15,17,19-21,33H,3-4,16,18,22-23H2,1-2H3,(H,40,44). The molecule has 0 heterocycles. The summed E-state index contributed by atoms with van der Waals surface area (Å²) in [6, 6.07) is 23.9. The van der Waals surface area contributed by atoms with Crippen LogP contribution < -0.4 is 9.62 Å². The highest BCUT2D eigenvalue weighted by Gasteiger charge is 2.35. The summed E-state index contributed by atoms with van der Waals surface area (Å²) in [5.41, 5.74) is 2.38. The molecule has 7 nitrogen and oxygen atoms in total. The average Bonchev–Trinajstić information content (AvgIpc) is 3.03. The van der Waals surface area contributed by atoms with Gasteiger partial charge < -0.3 is 10.2 Å². The van der Waals surface area contributed by atoms with E-state index < -0.39 is 28.5 Å². The minimum atomic E-state index is -4.31. The van der Waals surface area contributed by atoms with Gasteiger partial charge in [-0.05, 0) is 66.9 Å². The Morgan fingerprint density at radius 3 is 2.09 bits per heavy atom. The molecule has 1 atom stereocenters. The smallest absolute Gasteiger partial charge is 0.264 e. The van der Waals surface area contributed by atoms with E-state index in [0.29, 0.717) is 17.1 Å².